The van der Waals surface area contributed by atoms with E-state index >= 15 is 0 Å². The van der Waals surface area contributed by atoms with E-state index in [0.717, 1.165) is 0 Å². The van der Waals surface area contributed by atoms with Crippen LogP contribution >= 0.6 is 0 Å². The number of hydrogen-bond donors (Lipinski definition) is 1. The molecule has 1 aromatic carbocycles. The highest BCUT2D eigenvalue weighted by molar-refractivity contribution is 7.85. The maximum absolute atomic E-state index is 12.5. The van der Waals surface area contributed by atoms with E-state index < -0.39 is 10.8 Å². The average molecular weight is 349 g/mol. The summed E-state index contributed by atoms with van der Waals surface area (Å²) in [6.07, 6.45) is 0.159. The molecule has 2 aliphatic rings. The van der Waals surface area contributed by atoms with E-state index in [-0.39, 0.29) is 37.1 Å². The van der Waals surface area contributed by atoms with Crippen LogP contribution < -0.4 is 10.2 Å². The minimum absolute atomic E-state index is 0.0350. The van der Waals surface area contributed by atoms with Gasteiger partial charge >= 0.3 is 0 Å². The Bertz CT molecular complexity index is 696. The summed E-state index contributed by atoms with van der Waals surface area (Å²) in [5.74, 6) is 0.409. The minimum atomic E-state index is -0.836. The average Bonchev–Trinajstić information content (AvgIpc) is 2.59. The van der Waals surface area contributed by atoms with E-state index in [4.69, 9.17) is 0 Å². The van der Waals surface area contributed by atoms with E-state index in [2.05, 4.69) is 5.32 Å². The number of anilines is 2. The second kappa shape index (κ2) is 7.12. The summed E-state index contributed by atoms with van der Waals surface area (Å²) in [5.41, 5.74) is 1.26. The lowest BCUT2D eigenvalue weighted by Crippen LogP contribution is -2.44. The molecular weight excluding hydrogens is 330 g/mol. The first-order chi connectivity index (χ1) is 11.5. The number of nitrogens with zero attached hydrogens (tertiary/aromatic N) is 2. The van der Waals surface area contributed by atoms with E-state index in [1.807, 2.05) is 0 Å². The fourth-order valence-electron chi connectivity index (χ4n) is 2.85. The second-order valence-electron chi connectivity index (χ2n) is 5.77. The molecule has 0 saturated carbocycles. The Balaban J connectivity index is 1.60. The van der Waals surface area contributed by atoms with Crippen LogP contribution in [0.1, 0.15) is 12.8 Å². The zero-order valence-corrected chi connectivity index (χ0v) is 14.0. The molecule has 0 unspecified atom stereocenters. The van der Waals surface area contributed by atoms with Crippen LogP contribution in [0.2, 0.25) is 0 Å². The fourth-order valence-corrected chi connectivity index (χ4v) is 3.90. The maximum atomic E-state index is 12.5. The van der Waals surface area contributed by atoms with Crippen molar-refractivity contribution in [2.45, 2.75) is 12.8 Å². The SMILES string of the molecule is O=C1CN(C(=O)CCC(=O)N2CCS(=O)CC2)c2ccccc2N1. The molecular formula is C16H19N3O4S. The van der Waals surface area contributed by atoms with Crippen molar-refractivity contribution in [2.24, 2.45) is 0 Å². The van der Waals surface area contributed by atoms with Gasteiger partial charge in [0.1, 0.15) is 6.54 Å². The van der Waals surface area contributed by atoms with Crippen molar-refractivity contribution >= 4 is 39.9 Å². The molecule has 0 bridgehead atoms. The summed E-state index contributed by atoms with van der Waals surface area (Å²) < 4.78 is 11.3. The zero-order chi connectivity index (χ0) is 17.1. The molecule has 2 aliphatic heterocycles. The van der Waals surface area contributed by atoms with Gasteiger partial charge in [0.05, 0.1) is 11.4 Å². The van der Waals surface area contributed by atoms with Crippen LogP contribution in [0, 0.1) is 0 Å². The Labute approximate surface area is 142 Å². The van der Waals surface area contributed by atoms with Crippen molar-refractivity contribution in [1.29, 1.82) is 0 Å². The van der Waals surface area contributed by atoms with Gasteiger partial charge in [-0.25, -0.2) is 0 Å². The first-order valence-corrected chi connectivity index (χ1v) is 9.35. The number of amides is 3. The molecule has 8 heteroatoms. The summed E-state index contributed by atoms with van der Waals surface area (Å²) in [5, 5.41) is 2.73. The fraction of sp³-hybridized carbons (Fsp3) is 0.438. The third-order valence-electron chi connectivity index (χ3n) is 4.15. The van der Waals surface area contributed by atoms with Gasteiger partial charge in [-0.2, -0.15) is 0 Å². The topological polar surface area (TPSA) is 86.8 Å². The lowest BCUT2D eigenvalue weighted by molar-refractivity contribution is -0.132. The van der Waals surface area contributed by atoms with Crippen molar-refractivity contribution in [3.05, 3.63) is 24.3 Å². The Kier molecular flexibility index (Phi) is 4.94. The van der Waals surface area contributed by atoms with Gasteiger partial charge in [-0.3, -0.25) is 18.6 Å². The van der Waals surface area contributed by atoms with Crippen LogP contribution in [0.25, 0.3) is 0 Å². The number of nitrogens with one attached hydrogen (secondary N) is 1. The van der Waals surface area contributed by atoms with E-state index in [1.165, 1.54) is 4.90 Å². The Morgan fingerprint density at radius 2 is 1.75 bits per heavy atom. The molecule has 1 saturated heterocycles. The highest BCUT2D eigenvalue weighted by Crippen LogP contribution is 2.29. The molecule has 0 radical (unpaired) electrons. The van der Waals surface area contributed by atoms with Gasteiger partial charge < -0.3 is 15.1 Å². The monoisotopic (exact) mass is 349 g/mol. The number of carbonyl (C=O) groups excluding carboxylic acids is 3. The molecule has 3 rings (SSSR count). The molecule has 2 heterocycles. The molecule has 0 aromatic heterocycles. The van der Waals surface area contributed by atoms with Crippen molar-refractivity contribution < 1.29 is 18.6 Å². The first kappa shape index (κ1) is 16.6. The van der Waals surface area contributed by atoms with E-state index in [0.29, 0.717) is 36.0 Å². The molecule has 1 N–H and O–H groups in total. The Hall–Kier alpha value is -2.22. The predicted molar refractivity (Wildman–Crippen MR) is 91.1 cm³/mol. The van der Waals surface area contributed by atoms with Crippen LogP contribution in [-0.2, 0) is 25.2 Å². The zero-order valence-electron chi connectivity index (χ0n) is 13.2. The molecule has 0 spiro atoms. The lowest BCUT2D eigenvalue weighted by Gasteiger charge is -2.30. The largest absolute Gasteiger partial charge is 0.341 e. The minimum Gasteiger partial charge on any atom is -0.341 e. The number of carbonyl (C=O) groups is 3. The van der Waals surface area contributed by atoms with Crippen LogP contribution in [0.15, 0.2) is 24.3 Å². The number of rotatable bonds is 3. The standard InChI is InChI=1S/C16H19N3O4S/c20-14-11-19(13-4-2-1-3-12(13)17-14)16(22)6-5-15(21)18-7-9-24(23)10-8-18/h1-4H,5-11H2,(H,17,20). The number of hydrogen-bond acceptors (Lipinski definition) is 4. The summed E-state index contributed by atoms with van der Waals surface area (Å²) in [6.45, 7) is 0.926. The third-order valence-corrected chi connectivity index (χ3v) is 5.43. The normalized spacial score (nSPS) is 18.1. The molecule has 0 aliphatic carbocycles. The third kappa shape index (κ3) is 3.64. The summed E-state index contributed by atoms with van der Waals surface area (Å²) >= 11 is 0. The van der Waals surface area contributed by atoms with Crippen molar-refractivity contribution in [1.82, 2.24) is 4.90 Å². The molecule has 24 heavy (non-hydrogen) atoms. The Morgan fingerprint density at radius 3 is 2.50 bits per heavy atom. The smallest absolute Gasteiger partial charge is 0.244 e. The van der Waals surface area contributed by atoms with E-state index in [1.54, 1.807) is 29.2 Å². The van der Waals surface area contributed by atoms with Gasteiger partial charge in [0.2, 0.25) is 17.7 Å². The van der Waals surface area contributed by atoms with E-state index in [9.17, 15) is 18.6 Å². The van der Waals surface area contributed by atoms with Gasteiger partial charge in [-0.05, 0) is 12.1 Å². The number of benzene rings is 1. The lowest BCUT2D eigenvalue weighted by atomic mass is 10.1. The van der Waals surface area contributed by atoms with Gasteiger partial charge in [0.15, 0.2) is 0 Å². The van der Waals surface area contributed by atoms with Crippen LogP contribution in [0.5, 0.6) is 0 Å². The summed E-state index contributed by atoms with van der Waals surface area (Å²) in [7, 11) is -0.836. The van der Waals surface area contributed by atoms with Crippen molar-refractivity contribution in [3.8, 4) is 0 Å². The van der Waals surface area contributed by atoms with Crippen molar-refractivity contribution in [2.75, 3.05) is 41.4 Å². The molecule has 0 atom stereocenters. The van der Waals surface area contributed by atoms with Crippen LogP contribution in [0.3, 0.4) is 0 Å². The van der Waals surface area contributed by atoms with Crippen molar-refractivity contribution in [3.63, 3.8) is 0 Å². The summed E-state index contributed by atoms with van der Waals surface area (Å²) in [6, 6.07) is 7.10. The Morgan fingerprint density at radius 1 is 1.08 bits per heavy atom. The summed E-state index contributed by atoms with van der Waals surface area (Å²) in [4.78, 5) is 39.5. The van der Waals surface area contributed by atoms with Gasteiger partial charge in [0.25, 0.3) is 0 Å². The van der Waals surface area contributed by atoms with Crippen LogP contribution in [0.4, 0.5) is 11.4 Å². The number of para-hydroxylation sites is 2. The number of fused-ring (bicyclic) bond motifs is 1. The second-order valence-corrected chi connectivity index (χ2v) is 7.47. The quantitative estimate of drug-likeness (QED) is 0.853. The molecule has 7 nitrogen and oxygen atoms in total. The molecule has 1 aromatic rings. The maximum Gasteiger partial charge on any atom is 0.244 e. The first-order valence-electron chi connectivity index (χ1n) is 7.86. The molecule has 3 amide bonds. The van der Waals surface area contributed by atoms with Gasteiger partial charge in [-0.15, -0.1) is 0 Å². The molecule has 128 valence electrons. The highest BCUT2D eigenvalue weighted by Gasteiger charge is 2.27. The van der Waals surface area contributed by atoms with Gasteiger partial charge in [0, 0.05) is 48.2 Å². The van der Waals surface area contributed by atoms with Crippen LogP contribution in [-0.4, -0.2) is 58.0 Å². The highest BCUT2D eigenvalue weighted by atomic mass is 32.2. The molecule has 1 fully saturated rings. The van der Waals surface area contributed by atoms with Gasteiger partial charge in [-0.1, -0.05) is 12.1 Å². The predicted octanol–water partition coefficient (Wildman–Crippen LogP) is 0.343.